The number of nitrogens with one attached hydrogen (secondary N) is 2. The molecule has 2 aromatic carbocycles. The molecule has 4 heteroatoms. The van der Waals surface area contributed by atoms with Crippen LogP contribution in [-0.4, -0.2) is 16.1 Å². The molecule has 0 aliphatic carbocycles. The van der Waals surface area contributed by atoms with Gasteiger partial charge in [0.05, 0.1) is 23.3 Å². The minimum absolute atomic E-state index is 0.0399. The van der Waals surface area contributed by atoms with Gasteiger partial charge < -0.3 is 5.32 Å². The van der Waals surface area contributed by atoms with Crippen LogP contribution in [0.1, 0.15) is 28.9 Å². The number of benzene rings is 2. The van der Waals surface area contributed by atoms with Gasteiger partial charge in [0.15, 0.2) is 0 Å². The predicted molar refractivity (Wildman–Crippen MR) is 78.4 cm³/mol. The molecule has 2 N–H and O–H groups in total. The molecule has 20 heavy (non-hydrogen) atoms. The van der Waals surface area contributed by atoms with Gasteiger partial charge in [-0.05, 0) is 18.6 Å². The number of hydrogen-bond donors (Lipinski definition) is 2. The predicted octanol–water partition coefficient (Wildman–Crippen LogP) is 3.05. The molecular formula is C16H15N3O. The smallest absolute Gasteiger partial charge is 0.253 e. The molecule has 0 saturated carbocycles. The fraction of sp³-hybridized carbons (Fsp3) is 0.125. The van der Waals surface area contributed by atoms with Crippen LogP contribution in [0.3, 0.4) is 0 Å². The first-order valence-electron chi connectivity index (χ1n) is 6.53. The summed E-state index contributed by atoms with van der Waals surface area (Å²) in [5.74, 6) is -0.101. The monoisotopic (exact) mass is 265 g/mol. The Balaban J connectivity index is 1.85. The number of hydrogen-bond acceptors (Lipinski definition) is 2. The van der Waals surface area contributed by atoms with Crippen molar-refractivity contribution in [1.29, 1.82) is 0 Å². The van der Waals surface area contributed by atoms with Gasteiger partial charge in [0.1, 0.15) is 0 Å². The van der Waals surface area contributed by atoms with Gasteiger partial charge in [0.25, 0.3) is 5.91 Å². The third kappa shape index (κ3) is 2.28. The number of fused-ring (bicyclic) bond motifs is 1. The maximum Gasteiger partial charge on any atom is 0.253 e. The zero-order valence-corrected chi connectivity index (χ0v) is 11.1. The molecule has 0 spiro atoms. The Hall–Kier alpha value is -2.62. The van der Waals surface area contributed by atoms with E-state index < -0.39 is 0 Å². The van der Waals surface area contributed by atoms with Crippen molar-refractivity contribution in [3.8, 4) is 0 Å². The molecular weight excluding hydrogens is 250 g/mol. The van der Waals surface area contributed by atoms with Crippen LogP contribution < -0.4 is 5.32 Å². The minimum atomic E-state index is -0.101. The Morgan fingerprint density at radius 2 is 1.95 bits per heavy atom. The second-order valence-electron chi connectivity index (χ2n) is 4.75. The molecule has 0 radical (unpaired) electrons. The van der Waals surface area contributed by atoms with Crippen LogP contribution in [0.5, 0.6) is 0 Å². The van der Waals surface area contributed by atoms with Crippen LogP contribution >= 0.6 is 0 Å². The SMILES string of the molecule is CC(NC(=O)c1cccc2cn[nH]c12)c1ccccc1. The zero-order valence-electron chi connectivity index (χ0n) is 11.1. The molecule has 1 atom stereocenters. The number of carbonyl (C=O) groups excluding carboxylic acids is 1. The van der Waals surface area contributed by atoms with Gasteiger partial charge in [-0.25, -0.2) is 0 Å². The summed E-state index contributed by atoms with van der Waals surface area (Å²) >= 11 is 0. The van der Waals surface area contributed by atoms with Gasteiger partial charge in [-0.15, -0.1) is 0 Å². The maximum atomic E-state index is 12.4. The number of nitrogens with zero attached hydrogens (tertiary/aromatic N) is 1. The van der Waals surface area contributed by atoms with E-state index in [1.807, 2.05) is 49.4 Å². The van der Waals surface area contributed by atoms with Gasteiger partial charge in [0.2, 0.25) is 0 Å². The Bertz CT molecular complexity index is 734. The first-order valence-corrected chi connectivity index (χ1v) is 6.53. The molecule has 0 saturated heterocycles. The van der Waals surface area contributed by atoms with Gasteiger partial charge in [-0.3, -0.25) is 9.89 Å². The number of aromatic nitrogens is 2. The summed E-state index contributed by atoms with van der Waals surface area (Å²) in [4.78, 5) is 12.4. The van der Waals surface area contributed by atoms with Crippen LogP contribution in [0.25, 0.3) is 10.9 Å². The molecule has 1 aromatic heterocycles. The largest absolute Gasteiger partial charge is 0.345 e. The average Bonchev–Trinajstić information content (AvgIpc) is 2.96. The first kappa shape index (κ1) is 12.4. The van der Waals surface area contributed by atoms with Crippen molar-refractivity contribution in [3.63, 3.8) is 0 Å². The number of para-hydroxylation sites is 1. The molecule has 0 fully saturated rings. The highest BCUT2D eigenvalue weighted by Gasteiger charge is 2.14. The highest BCUT2D eigenvalue weighted by Crippen LogP contribution is 2.17. The van der Waals surface area contributed by atoms with E-state index >= 15 is 0 Å². The molecule has 1 heterocycles. The summed E-state index contributed by atoms with van der Waals surface area (Å²) in [5, 5.41) is 10.8. The lowest BCUT2D eigenvalue weighted by Gasteiger charge is -2.14. The number of rotatable bonds is 3. The first-order chi connectivity index (χ1) is 9.75. The number of amides is 1. The van der Waals surface area contributed by atoms with E-state index in [0.29, 0.717) is 5.56 Å². The molecule has 0 aliphatic heterocycles. The summed E-state index contributed by atoms with van der Waals surface area (Å²) in [5.41, 5.74) is 2.46. The van der Waals surface area contributed by atoms with Gasteiger partial charge in [-0.2, -0.15) is 5.10 Å². The Morgan fingerprint density at radius 1 is 1.15 bits per heavy atom. The van der Waals surface area contributed by atoms with Crippen molar-refractivity contribution in [2.75, 3.05) is 0 Å². The highest BCUT2D eigenvalue weighted by molar-refractivity contribution is 6.05. The number of carbonyl (C=O) groups is 1. The quantitative estimate of drug-likeness (QED) is 0.764. The van der Waals surface area contributed by atoms with Crippen molar-refractivity contribution in [3.05, 3.63) is 65.9 Å². The second-order valence-corrected chi connectivity index (χ2v) is 4.75. The van der Waals surface area contributed by atoms with Crippen molar-refractivity contribution >= 4 is 16.8 Å². The van der Waals surface area contributed by atoms with E-state index in [9.17, 15) is 4.79 Å². The van der Waals surface area contributed by atoms with Crippen LogP contribution in [0.2, 0.25) is 0 Å². The van der Waals surface area contributed by atoms with Crippen LogP contribution in [-0.2, 0) is 0 Å². The van der Waals surface area contributed by atoms with E-state index in [4.69, 9.17) is 0 Å². The molecule has 3 aromatic rings. The minimum Gasteiger partial charge on any atom is -0.345 e. The fourth-order valence-corrected chi connectivity index (χ4v) is 2.26. The summed E-state index contributed by atoms with van der Waals surface area (Å²) < 4.78 is 0. The summed E-state index contributed by atoms with van der Waals surface area (Å²) in [6.45, 7) is 1.97. The number of H-pyrrole nitrogens is 1. The standard InChI is InChI=1S/C16H15N3O/c1-11(12-6-3-2-4-7-12)18-16(20)14-9-5-8-13-10-17-19-15(13)14/h2-11H,1H3,(H,17,19)(H,18,20). The maximum absolute atomic E-state index is 12.4. The molecule has 0 bridgehead atoms. The van der Waals surface area contributed by atoms with E-state index in [1.165, 1.54) is 0 Å². The third-order valence-electron chi connectivity index (χ3n) is 3.37. The lowest BCUT2D eigenvalue weighted by atomic mass is 10.1. The van der Waals surface area contributed by atoms with Crippen molar-refractivity contribution in [2.24, 2.45) is 0 Å². The lowest BCUT2D eigenvalue weighted by molar-refractivity contribution is 0.0941. The molecule has 1 amide bonds. The van der Waals surface area contributed by atoms with Crippen LogP contribution in [0, 0.1) is 0 Å². The van der Waals surface area contributed by atoms with Gasteiger partial charge in [-0.1, -0.05) is 42.5 Å². The summed E-state index contributed by atoms with van der Waals surface area (Å²) in [6.07, 6.45) is 1.72. The second kappa shape index (κ2) is 5.17. The molecule has 1 unspecified atom stereocenters. The topological polar surface area (TPSA) is 57.8 Å². The highest BCUT2D eigenvalue weighted by atomic mass is 16.1. The van der Waals surface area contributed by atoms with Gasteiger partial charge >= 0.3 is 0 Å². The average molecular weight is 265 g/mol. The summed E-state index contributed by atoms with van der Waals surface area (Å²) in [6, 6.07) is 15.4. The van der Waals surface area contributed by atoms with E-state index in [-0.39, 0.29) is 11.9 Å². The van der Waals surface area contributed by atoms with E-state index in [0.717, 1.165) is 16.5 Å². The molecule has 0 aliphatic rings. The summed E-state index contributed by atoms with van der Waals surface area (Å²) in [7, 11) is 0. The molecule has 3 rings (SSSR count). The van der Waals surface area contributed by atoms with Crippen molar-refractivity contribution in [1.82, 2.24) is 15.5 Å². The Morgan fingerprint density at radius 3 is 2.75 bits per heavy atom. The third-order valence-corrected chi connectivity index (χ3v) is 3.37. The van der Waals surface area contributed by atoms with Crippen LogP contribution in [0.15, 0.2) is 54.7 Å². The van der Waals surface area contributed by atoms with Crippen molar-refractivity contribution < 1.29 is 4.79 Å². The lowest BCUT2D eigenvalue weighted by Crippen LogP contribution is -2.26. The van der Waals surface area contributed by atoms with Gasteiger partial charge in [0, 0.05) is 5.39 Å². The molecule has 100 valence electrons. The molecule has 4 nitrogen and oxygen atoms in total. The Kier molecular flexibility index (Phi) is 3.21. The zero-order chi connectivity index (χ0) is 13.9. The van der Waals surface area contributed by atoms with E-state index in [1.54, 1.807) is 12.3 Å². The van der Waals surface area contributed by atoms with Crippen LogP contribution in [0.4, 0.5) is 0 Å². The van der Waals surface area contributed by atoms with Crippen molar-refractivity contribution in [2.45, 2.75) is 13.0 Å². The Labute approximate surface area is 116 Å². The van der Waals surface area contributed by atoms with E-state index in [2.05, 4.69) is 15.5 Å². The number of aromatic amines is 1. The fourth-order valence-electron chi connectivity index (χ4n) is 2.26. The normalized spacial score (nSPS) is 12.2.